The molecule has 0 aliphatic carbocycles. The zero-order valence-electron chi connectivity index (χ0n) is 14.5. The monoisotopic (exact) mass is 374 g/mol. The minimum atomic E-state index is -0.0218. The van der Waals surface area contributed by atoms with E-state index in [1.807, 2.05) is 49.4 Å². The summed E-state index contributed by atoms with van der Waals surface area (Å²) in [5.74, 6) is -0.0218. The van der Waals surface area contributed by atoms with Crippen molar-refractivity contribution in [1.29, 1.82) is 0 Å². The van der Waals surface area contributed by atoms with E-state index in [2.05, 4.69) is 19.1 Å². The fraction of sp³-hybridized carbons (Fsp3) is 0.263. The first-order chi connectivity index (χ1) is 11.9. The van der Waals surface area contributed by atoms with Gasteiger partial charge in [0, 0.05) is 10.6 Å². The van der Waals surface area contributed by atoms with Gasteiger partial charge in [-0.25, -0.2) is 4.98 Å². The Morgan fingerprint density at radius 2 is 1.92 bits per heavy atom. The number of carbonyl (C=O) groups is 1. The number of rotatable bonds is 5. The molecule has 1 aromatic heterocycles. The molecule has 0 fully saturated rings. The number of thiazole rings is 1. The molecule has 0 radical (unpaired) electrons. The van der Waals surface area contributed by atoms with Crippen LogP contribution in [0.3, 0.4) is 0 Å². The molecular weight excluding hydrogens is 354 g/mol. The number of anilines is 1. The highest BCUT2D eigenvalue weighted by molar-refractivity contribution is 7.22. The Balaban J connectivity index is 1.97. The molecule has 0 aliphatic rings. The van der Waals surface area contributed by atoms with Gasteiger partial charge in [0.15, 0.2) is 5.13 Å². The van der Waals surface area contributed by atoms with Gasteiger partial charge in [0.25, 0.3) is 5.91 Å². The number of aryl methyl sites for hydroxylation is 1. The first-order valence-corrected chi connectivity index (χ1v) is 9.37. The Hall–Kier alpha value is -1.95. The zero-order chi connectivity index (χ0) is 18.0. The number of quaternary nitrogens is 1. The minimum absolute atomic E-state index is 0.0218. The molecule has 4 nitrogen and oxygen atoms in total. The van der Waals surface area contributed by atoms with Crippen molar-refractivity contribution in [3.63, 3.8) is 0 Å². The number of nitrogens with zero attached hydrogens (tertiary/aromatic N) is 2. The van der Waals surface area contributed by atoms with Crippen molar-refractivity contribution in [3.05, 3.63) is 58.6 Å². The van der Waals surface area contributed by atoms with E-state index in [4.69, 9.17) is 11.6 Å². The lowest BCUT2D eigenvalue weighted by Gasteiger charge is -2.20. The summed E-state index contributed by atoms with van der Waals surface area (Å²) in [4.78, 5) is 20.8. The van der Waals surface area contributed by atoms with Crippen LogP contribution in [-0.2, 0) is 0 Å². The number of amides is 1. The second kappa shape index (κ2) is 7.52. The Morgan fingerprint density at radius 1 is 1.20 bits per heavy atom. The van der Waals surface area contributed by atoms with E-state index >= 15 is 0 Å². The molecule has 3 rings (SSSR count). The average molecular weight is 375 g/mol. The molecule has 0 bridgehead atoms. The van der Waals surface area contributed by atoms with Crippen LogP contribution in [0.15, 0.2) is 42.5 Å². The third-order valence-corrected chi connectivity index (χ3v) is 5.23. The van der Waals surface area contributed by atoms with Gasteiger partial charge in [-0.3, -0.25) is 9.69 Å². The molecule has 2 aromatic carbocycles. The summed E-state index contributed by atoms with van der Waals surface area (Å²) >= 11 is 7.58. The van der Waals surface area contributed by atoms with Crippen LogP contribution < -0.4 is 9.80 Å². The Morgan fingerprint density at radius 3 is 2.60 bits per heavy atom. The van der Waals surface area contributed by atoms with Crippen LogP contribution in [0.25, 0.3) is 10.2 Å². The van der Waals surface area contributed by atoms with Gasteiger partial charge in [0.1, 0.15) is 0 Å². The molecule has 3 aromatic rings. The van der Waals surface area contributed by atoms with E-state index in [-0.39, 0.29) is 5.91 Å². The van der Waals surface area contributed by atoms with Gasteiger partial charge < -0.3 is 4.90 Å². The summed E-state index contributed by atoms with van der Waals surface area (Å²) in [5, 5.41) is 1.39. The predicted molar refractivity (Wildman–Crippen MR) is 105 cm³/mol. The summed E-state index contributed by atoms with van der Waals surface area (Å²) in [6.45, 7) is 3.47. The highest BCUT2D eigenvalue weighted by Gasteiger charge is 2.22. The standard InChI is InChI=1S/C19H20ClN3OS/c1-13-4-6-14(7-5-13)18(24)23(11-10-22(2)3)19-21-16-9-8-15(20)12-17(16)25-19/h4-9,12H,10-11H2,1-3H3/p+1. The van der Waals surface area contributed by atoms with Gasteiger partial charge in [0.2, 0.25) is 0 Å². The molecule has 0 atom stereocenters. The van der Waals surface area contributed by atoms with Gasteiger partial charge >= 0.3 is 0 Å². The lowest BCUT2D eigenvalue weighted by molar-refractivity contribution is -0.856. The van der Waals surface area contributed by atoms with Crippen LogP contribution in [0.2, 0.25) is 5.02 Å². The number of carbonyl (C=O) groups excluding carboxylic acids is 1. The van der Waals surface area contributed by atoms with Crippen LogP contribution >= 0.6 is 22.9 Å². The maximum atomic E-state index is 13.1. The summed E-state index contributed by atoms with van der Waals surface area (Å²) in [5.41, 5.74) is 2.68. The second-order valence-corrected chi connectivity index (χ2v) is 7.83. The van der Waals surface area contributed by atoms with E-state index in [1.54, 1.807) is 4.90 Å². The number of hydrogen-bond acceptors (Lipinski definition) is 3. The molecule has 0 spiro atoms. The minimum Gasteiger partial charge on any atom is -0.338 e. The van der Waals surface area contributed by atoms with Crippen LogP contribution in [0.1, 0.15) is 15.9 Å². The highest BCUT2D eigenvalue weighted by atomic mass is 35.5. The van der Waals surface area contributed by atoms with Gasteiger partial charge in [-0.2, -0.15) is 0 Å². The number of likely N-dealkylation sites (N-methyl/N-ethyl adjacent to an activating group) is 1. The third-order valence-electron chi connectivity index (χ3n) is 3.95. The van der Waals surface area contributed by atoms with Gasteiger partial charge in [-0.05, 0) is 37.3 Å². The number of fused-ring (bicyclic) bond motifs is 1. The molecule has 0 unspecified atom stereocenters. The molecule has 25 heavy (non-hydrogen) atoms. The molecular formula is C19H21ClN3OS+. The quantitative estimate of drug-likeness (QED) is 0.745. The summed E-state index contributed by atoms with van der Waals surface area (Å²) in [6, 6.07) is 13.3. The molecule has 6 heteroatoms. The molecule has 130 valence electrons. The van der Waals surface area contributed by atoms with Crippen LogP contribution in [0, 0.1) is 6.92 Å². The Kier molecular flexibility index (Phi) is 5.37. The fourth-order valence-electron chi connectivity index (χ4n) is 2.47. The van der Waals surface area contributed by atoms with E-state index in [0.29, 0.717) is 22.3 Å². The third kappa shape index (κ3) is 4.18. The average Bonchev–Trinajstić information content (AvgIpc) is 2.98. The lowest BCUT2D eigenvalue weighted by Crippen LogP contribution is -3.06. The zero-order valence-corrected chi connectivity index (χ0v) is 16.1. The Labute approximate surface area is 156 Å². The van der Waals surface area contributed by atoms with Crippen LogP contribution in [-0.4, -0.2) is 38.1 Å². The molecule has 0 saturated carbocycles. The second-order valence-electron chi connectivity index (χ2n) is 6.39. The lowest BCUT2D eigenvalue weighted by atomic mass is 10.1. The molecule has 0 aliphatic heterocycles. The number of aromatic nitrogens is 1. The predicted octanol–water partition coefficient (Wildman–Crippen LogP) is 3.05. The summed E-state index contributed by atoms with van der Waals surface area (Å²) in [6.07, 6.45) is 0. The molecule has 1 heterocycles. The van der Waals surface area contributed by atoms with Crippen molar-refractivity contribution < 1.29 is 9.69 Å². The van der Waals surface area contributed by atoms with E-state index in [0.717, 1.165) is 22.3 Å². The molecule has 0 saturated heterocycles. The number of nitrogens with one attached hydrogen (secondary N) is 1. The first kappa shape index (κ1) is 17.9. The van der Waals surface area contributed by atoms with E-state index < -0.39 is 0 Å². The van der Waals surface area contributed by atoms with Crippen molar-refractivity contribution in [2.24, 2.45) is 0 Å². The van der Waals surface area contributed by atoms with E-state index in [9.17, 15) is 4.79 Å². The van der Waals surface area contributed by atoms with Gasteiger partial charge in [-0.15, -0.1) is 0 Å². The van der Waals surface area contributed by atoms with E-state index in [1.165, 1.54) is 16.2 Å². The smallest absolute Gasteiger partial charge is 0.260 e. The van der Waals surface area contributed by atoms with Crippen molar-refractivity contribution in [2.45, 2.75) is 6.92 Å². The number of halogens is 1. The van der Waals surface area contributed by atoms with Crippen molar-refractivity contribution >= 4 is 44.2 Å². The number of benzene rings is 2. The van der Waals surface area contributed by atoms with Crippen LogP contribution in [0.5, 0.6) is 0 Å². The van der Waals surface area contributed by atoms with Crippen LogP contribution in [0.4, 0.5) is 5.13 Å². The SMILES string of the molecule is Cc1ccc(C(=O)N(CC[NH+](C)C)c2nc3ccc(Cl)cc3s2)cc1. The maximum absolute atomic E-state index is 13.1. The topological polar surface area (TPSA) is 37.6 Å². The first-order valence-electron chi connectivity index (χ1n) is 8.17. The van der Waals surface area contributed by atoms with Crippen molar-refractivity contribution in [2.75, 3.05) is 32.1 Å². The maximum Gasteiger partial charge on any atom is 0.260 e. The normalized spacial score (nSPS) is 11.2. The largest absolute Gasteiger partial charge is 0.338 e. The number of hydrogen-bond donors (Lipinski definition) is 1. The highest BCUT2D eigenvalue weighted by Crippen LogP contribution is 2.31. The summed E-state index contributed by atoms with van der Waals surface area (Å²) in [7, 11) is 4.15. The van der Waals surface area contributed by atoms with Gasteiger partial charge in [-0.1, -0.05) is 40.6 Å². The van der Waals surface area contributed by atoms with Crippen molar-refractivity contribution in [1.82, 2.24) is 4.98 Å². The molecule has 1 N–H and O–H groups in total. The molecule has 1 amide bonds. The van der Waals surface area contributed by atoms with Gasteiger partial charge in [0.05, 0.1) is 37.4 Å². The Bertz CT molecular complexity index is 889. The fourth-order valence-corrected chi connectivity index (χ4v) is 3.74. The van der Waals surface area contributed by atoms with Crippen molar-refractivity contribution in [3.8, 4) is 0 Å². The summed E-state index contributed by atoms with van der Waals surface area (Å²) < 4.78 is 0.987.